The molecule has 0 aliphatic heterocycles. The average molecular weight is 311 g/mol. The third-order valence-corrected chi connectivity index (χ3v) is 4.89. The highest BCUT2D eigenvalue weighted by Gasteiger charge is 2.44. The van der Waals surface area contributed by atoms with E-state index in [1.165, 1.54) is 6.07 Å². The van der Waals surface area contributed by atoms with Crippen LogP contribution >= 0.6 is 0 Å². The number of carbonyl (C=O) groups is 1. The molecule has 0 bridgehead atoms. The number of halogens is 1. The number of ketones is 1. The Balaban J connectivity index is 2.11. The van der Waals surface area contributed by atoms with Gasteiger partial charge in [-0.2, -0.15) is 0 Å². The number of Topliss-reactive ketones (excluding diaryl/α,β-unsaturated/α-hetero) is 1. The van der Waals surface area contributed by atoms with Gasteiger partial charge in [-0.15, -0.1) is 0 Å². The number of benzene rings is 2. The first-order chi connectivity index (χ1) is 11.0. The van der Waals surface area contributed by atoms with Crippen LogP contribution in [0, 0.1) is 5.82 Å². The smallest absolute Gasteiger partial charge is 0.173 e. The van der Waals surface area contributed by atoms with Gasteiger partial charge in [-0.1, -0.05) is 42.5 Å². The number of carbonyl (C=O) groups excluding carboxylic acids is 1. The lowest BCUT2D eigenvalue weighted by atomic mass is 9.64. The van der Waals surface area contributed by atoms with E-state index in [0.717, 1.165) is 24.1 Å². The van der Waals surface area contributed by atoms with Gasteiger partial charge < -0.3 is 4.90 Å². The molecule has 0 fully saturated rings. The first kappa shape index (κ1) is 15.9. The van der Waals surface area contributed by atoms with Crippen molar-refractivity contribution in [1.29, 1.82) is 0 Å². The summed E-state index contributed by atoms with van der Waals surface area (Å²) >= 11 is 0. The molecule has 0 saturated heterocycles. The van der Waals surface area contributed by atoms with Crippen molar-refractivity contribution in [2.24, 2.45) is 0 Å². The Morgan fingerprint density at radius 1 is 1.09 bits per heavy atom. The number of hydrogen-bond acceptors (Lipinski definition) is 2. The van der Waals surface area contributed by atoms with Crippen molar-refractivity contribution >= 4 is 5.78 Å². The predicted molar refractivity (Wildman–Crippen MR) is 90.3 cm³/mol. The van der Waals surface area contributed by atoms with E-state index in [1.807, 2.05) is 44.4 Å². The number of aryl methyl sites for hydroxylation is 1. The zero-order chi connectivity index (χ0) is 16.4. The topological polar surface area (TPSA) is 20.3 Å². The van der Waals surface area contributed by atoms with Crippen LogP contribution in [-0.4, -0.2) is 31.3 Å². The van der Waals surface area contributed by atoms with Crippen molar-refractivity contribution in [3.05, 3.63) is 71.0 Å². The number of hydrogen-bond donors (Lipinski definition) is 0. The molecule has 23 heavy (non-hydrogen) atoms. The van der Waals surface area contributed by atoms with Crippen molar-refractivity contribution in [3.63, 3.8) is 0 Å². The Morgan fingerprint density at radius 3 is 2.52 bits per heavy atom. The highest BCUT2D eigenvalue weighted by atomic mass is 19.1. The lowest BCUT2D eigenvalue weighted by molar-refractivity contribution is 0.0836. The highest BCUT2D eigenvalue weighted by Crippen LogP contribution is 2.42. The van der Waals surface area contributed by atoms with Crippen molar-refractivity contribution in [1.82, 2.24) is 4.90 Å². The van der Waals surface area contributed by atoms with E-state index in [4.69, 9.17) is 0 Å². The monoisotopic (exact) mass is 311 g/mol. The molecule has 3 heteroatoms. The van der Waals surface area contributed by atoms with Crippen molar-refractivity contribution in [3.8, 4) is 0 Å². The highest BCUT2D eigenvalue weighted by molar-refractivity contribution is 6.06. The van der Waals surface area contributed by atoms with Crippen molar-refractivity contribution < 1.29 is 9.18 Å². The Morgan fingerprint density at radius 2 is 1.78 bits per heavy atom. The van der Waals surface area contributed by atoms with Gasteiger partial charge >= 0.3 is 0 Å². The van der Waals surface area contributed by atoms with Crippen LogP contribution in [-0.2, 0) is 11.8 Å². The summed E-state index contributed by atoms with van der Waals surface area (Å²) < 4.78 is 14.5. The second-order valence-corrected chi connectivity index (χ2v) is 6.60. The lowest BCUT2D eigenvalue weighted by Crippen LogP contribution is -2.43. The van der Waals surface area contributed by atoms with Crippen molar-refractivity contribution in [2.45, 2.75) is 24.7 Å². The number of fused-ring (bicyclic) bond motifs is 1. The van der Waals surface area contributed by atoms with E-state index in [2.05, 4.69) is 4.90 Å². The Hall–Kier alpha value is -2.00. The first-order valence-electron chi connectivity index (χ1n) is 8.07. The van der Waals surface area contributed by atoms with Crippen LogP contribution in [0.1, 0.15) is 34.3 Å². The SMILES string of the molecule is CN(C)CCC1(c2ccccc2F)CCc2ccccc2C1=O. The summed E-state index contributed by atoms with van der Waals surface area (Å²) in [7, 11) is 3.96. The number of rotatable bonds is 4. The van der Waals surface area contributed by atoms with Crippen LogP contribution < -0.4 is 0 Å². The normalized spacial score (nSPS) is 20.6. The average Bonchev–Trinajstić information content (AvgIpc) is 2.55. The summed E-state index contributed by atoms with van der Waals surface area (Å²) in [5, 5.41) is 0. The summed E-state index contributed by atoms with van der Waals surface area (Å²) in [6.45, 7) is 0.752. The zero-order valence-electron chi connectivity index (χ0n) is 13.7. The lowest BCUT2D eigenvalue weighted by Gasteiger charge is -2.38. The predicted octanol–water partition coefficient (Wildman–Crippen LogP) is 3.84. The summed E-state index contributed by atoms with van der Waals surface area (Å²) in [6.07, 6.45) is 2.11. The van der Waals surface area contributed by atoms with Crippen LogP contribution in [0.25, 0.3) is 0 Å². The van der Waals surface area contributed by atoms with E-state index in [9.17, 15) is 9.18 Å². The minimum absolute atomic E-state index is 0.0614. The molecular weight excluding hydrogens is 289 g/mol. The zero-order valence-corrected chi connectivity index (χ0v) is 13.7. The fourth-order valence-corrected chi connectivity index (χ4v) is 3.57. The quantitative estimate of drug-likeness (QED) is 0.855. The van der Waals surface area contributed by atoms with Gasteiger partial charge in [0, 0.05) is 11.1 Å². The van der Waals surface area contributed by atoms with E-state index in [1.54, 1.807) is 12.1 Å². The molecule has 1 atom stereocenters. The van der Waals surface area contributed by atoms with Gasteiger partial charge in [0.05, 0.1) is 5.41 Å². The van der Waals surface area contributed by atoms with E-state index < -0.39 is 5.41 Å². The minimum atomic E-state index is -0.760. The summed E-state index contributed by atoms with van der Waals surface area (Å²) in [5.74, 6) is -0.217. The van der Waals surface area contributed by atoms with Gasteiger partial charge in [0.25, 0.3) is 0 Å². The van der Waals surface area contributed by atoms with Gasteiger partial charge in [0.15, 0.2) is 5.78 Å². The maximum absolute atomic E-state index is 14.5. The molecule has 0 N–H and O–H groups in total. The molecule has 0 amide bonds. The van der Waals surface area contributed by atoms with Gasteiger partial charge in [-0.05, 0) is 51.5 Å². The molecular formula is C20H22FNO. The molecule has 0 aromatic heterocycles. The second kappa shape index (κ2) is 6.25. The molecule has 120 valence electrons. The third kappa shape index (κ3) is 2.81. The molecule has 2 aromatic carbocycles. The summed E-state index contributed by atoms with van der Waals surface area (Å²) in [6, 6.07) is 14.5. The van der Waals surface area contributed by atoms with E-state index >= 15 is 0 Å². The van der Waals surface area contributed by atoms with Crippen LogP contribution in [0.5, 0.6) is 0 Å². The third-order valence-electron chi connectivity index (χ3n) is 4.89. The Labute approximate surface area is 136 Å². The van der Waals surface area contributed by atoms with Gasteiger partial charge in [0.2, 0.25) is 0 Å². The summed E-state index contributed by atoms with van der Waals surface area (Å²) in [5.41, 5.74) is 1.61. The van der Waals surface area contributed by atoms with Gasteiger partial charge in [0.1, 0.15) is 5.82 Å². The van der Waals surface area contributed by atoms with Gasteiger partial charge in [-0.25, -0.2) is 4.39 Å². The second-order valence-electron chi connectivity index (χ2n) is 6.60. The van der Waals surface area contributed by atoms with Gasteiger partial charge in [-0.3, -0.25) is 4.79 Å². The van der Waals surface area contributed by atoms with Crippen LogP contribution in [0.2, 0.25) is 0 Å². The minimum Gasteiger partial charge on any atom is -0.309 e. The molecule has 2 aromatic rings. The molecule has 1 aliphatic carbocycles. The maximum atomic E-state index is 14.5. The Bertz CT molecular complexity index is 725. The molecule has 0 radical (unpaired) electrons. The Kier molecular flexibility index (Phi) is 4.31. The first-order valence-corrected chi connectivity index (χ1v) is 8.07. The molecule has 3 rings (SSSR count). The molecule has 0 saturated carbocycles. The molecule has 1 aliphatic rings. The molecule has 2 nitrogen and oxygen atoms in total. The largest absolute Gasteiger partial charge is 0.309 e. The van der Waals surface area contributed by atoms with Crippen LogP contribution in [0.4, 0.5) is 4.39 Å². The van der Waals surface area contributed by atoms with Crippen LogP contribution in [0.3, 0.4) is 0 Å². The summed E-state index contributed by atoms with van der Waals surface area (Å²) in [4.78, 5) is 15.4. The molecule has 0 heterocycles. The number of nitrogens with zero attached hydrogens (tertiary/aromatic N) is 1. The molecule has 0 spiro atoms. The fourth-order valence-electron chi connectivity index (χ4n) is 3.57. The van der Waals surface area contributed by atoms with E-state index in [-0.39, 0.29) is 11.6 Å². The molecule has 1 unspecified atom stereocenters. The van der Waals surface area contributed by atoms with Crippen molar-refractivity contribution in [2.75, 3.05) is 20.6 Å². The van der Waals surface area contributed by atoms with E-state index in [0.29, 0.717) is 18.4 Å². The van der Waals surface area contributed by atoms with Crippen LogP contribution in [0.15, 0.2) is 48.5 Å². The fraction of sp³-hybridized carbons (Fsp3) is 0.350. The maximum Gasteiger partial charge on any atom is 0.173 e. The standard InChI is InChI=1S/C20H22FNO/c1-22(2)14-13-20(17-9-5-6-10-18(17)21)12-11-15-7-3-4-8-16(15)19(20)23/h3-10H,11-14H2,1-2H3.